The number of pyridine rings is 1. The van der Waals surface area contributed by atoms with E-state index in [2.05, 4.69) is 57.4 Å². The molecule has 1 aromatic carbocycles. The molecule has 0 N–H and O–H groups in total. The van der Waals surface area contributed by atoms with Crippen molar-refractivity contribution in [1.82, 2.24) is 4.98 Å². The molecule has 0 saturated carbocycles. The summed E-state index contributed by atoms with van der Waals surface area (Å²) in [6.07, 6.45) is 6.73. The van der Waals surface area contributed by atoms with Gasteiger partial charge in [-0.25, -0.2) is 0 Å². The molecule has 0 aliphatic rings. The number of aromatic nitrogens is 1. The third-order valence-electron chi connectivity index (χ3n) is 2.01. The van der Waals surface area contributed by atoms with E-state index in [1.165, 1.54) is 16.7 Å². The maximum Gasteiger partial charge on any atom is 0.0346 e. The number of rotatable bonds is 1. The highest BCUT2D eigenvalue weighted by Crippen LogP contribution is 2.18. The number of nitrogens with zero attached hydrogens (tertiary/aromatic N) is 1. The van der Waals surface area contributed by atoms with Crippen LogP contribution in [0.3, 0.4) is 0 Å². The second-order valence-corrected chi connectivity index (χ2v) is 3.11. The molecule has 0 unspecified atom stereocenters. The Morgan fingerprint density at radius 2 is 1.80 bits per heavy atom. The Morgan fingerprint density at radius 3 is 2.40 bits per heavy atom. The zero-order valence-electron chi connectivity index (χ0n) is 8.77. The molecule has 76 valence electrons. The molecule has 1 aromatic heterocycles. The van der Waals surface area contributed by atoms with Crippen molar-refractivity contribution in [2.24, 2.45) is 0 Å². The van der Waals surface area contributed by atoms with Gasteiger partial charge in [0.15, 0.2) is 0 Å². The highest BCUT2D eigenvalue weighted by Gasteiger charge is 1.95. The Bertz CT molecular complexity index is 412. The molecule has 1 heterocycles. The summed E-state index contributed by atoms with van der Waals surface area (Å²) in [6.45, 7) is 2.10. The molecule has 0 fully saturated rings. The van der Waals surface area contributed by atoms with Crippen molar-refractivity contribution in [2.45, 2.75) is 6.92 Å². The maximum absolute atomic E-state index is 4.09. The van der Waals surface area contributed by atoms with Crippen LogP contribution in [0, 0.1) is 6.92 Å². The van der Waals surface area contributed by atoms with Gasteiger partial charge in [-0.3, -0.25) is 4.98 Å². The first-order chi connectivity index (χ1) is 7.36. The lowest BCUT2D eigenvalue weighted by Crippen LogP contribution is -1.79. The zero-order chi connectivity index (χ0) is 11.1. The predicted octanol–water partition coefficient (Wildman–Crippen LogP) is 3.62. The Kier molecular flexibility index (Phi) is 4.73. The minimum atomic E-state index is 1.17. The SMILES string of the molecule is C=P.Cc1cccc(-c2cccnc2)c1. The molecule has 0 aliphatic carbocycles. The molecule has 0 saturated heterocycles. The van der Waals surface area contributed by atoms with Gasteiger partial charge in [0.25, 0.3) is 0 Å². The second-order valence-electron chi connectivity index (χ2n) is 3.11. The summed E-state index contributed by atoms with van der Waals surface area (Å²) >= 11 is 0. The van der Waals surface area contributed by atoms with Crippen molar-refractivity contribution in [1.29, 1.82) is 0 Å². The zero-order valence-corrected chi connectivity index (χ0v) is 9.77. The van der Waals surface area contributed by atoms with Crippen LogP contribution in [0.4, 0.5) is 0 Å². The largest absolute Gasteiger partial charge is 0.264 e. The van der Waals surface area contributed by atoms with E-state index in [0.29, 0.717) is 0 Å². The van der Waals surface area contributed by atoms with Gasteiger partial charge in [0.2, 0.25) is 0 Å². The van der Waals surface area contributed by atoms with Crippen molar-refractivity contribution in [3.63, 3.8) is 0 Å². The maximum atomic E-state index is 4.09. The van der Waals surface area contributed by atoms with E-state index in [1.807, 2.05) is 12.3 Å². The smallest absolute Gasteiger partial charge is 0.0346 e. The molecule has 15 heavy (non-hydrogen) atoms. The predicted molar refractivity (Wildman–Crippen MR) is 69.8 cm³/mol. The minimum absolute atomic E-state index is 1.17. The average molecular weight is 215 g/mol. The van der Waals surface area contributed by atoms with Crippen molar-refractivity contribution in [3.8, 4) is 11.1 Å². The first-order valence-corrected chi connectivity index (χ1v) is 5.39. The van der Waals surface area contributed by atoms with E-state index in [0.717, 1.165) is 0 Å². The van der Waals surface area contributed by atoms with E-state index in [1.54, 1.807) is 6.20 Å². The van der Waals surface area contributed by atoms with Crippen molar-refractivity contribution < 1.29 is 0 Å². The van der Waals surface area contributed by atoms with E-state index >= 15 is 0 Å². The fourth-order valence-corrected chi connectivity index (χ4v) is 1.36. The normalized spacial score (nSPS) is 8.87. The van der Waals surface area contributed by atoms with Gasteiger partial charge in [-0.05, 0) is 24.1 Å². The quantitative estimate of drug-likeness (QED) is 0.662. The number of aryl methyl sites for hydroxylation is 1. The van der Waals surface area contributed by atoms with E-state index in [4.69, 9.17) is 0 Å². The van der Waals surface area contributed by atoms with Gasteiger partial charge in [0.1, 0.15) is 0 Å². The molecule has 0 aliphatic heterocycles. The van der Waals surface area contributed by atoms with Crippen LogP contribution in [0.15, 0.2) is 48.8 Å². The molecule has 0 radical (unpaired) electrons. The molecule has 1 nitrogen and oxygen atoms in total. The van der Waals surface area contributed by atoms with Crippen LogP contribution in [0.1, 0.15) is 5.56 Å². The minimum Gasteiger partial charge on any atom is -0.264 e. The monoisotopic (exact) mass is 215 g/mol. The number of hydrogen-bond acceptors (Lipinski definition) is 1. The summed E-state index contributed by atoms with van der Waals surface area (Å²) in [6, 6.07) is 12.5. The molecule has 2 heteroatoms. The van der Waals surface area contributed by atoms with Crippen LogP contribution < -0.4 is 0 Å². The average Bonchev–Trinajstić information content (AvgIpc) is 2.33. The van der Waals surface area contributed by atoms with Crippen molar-refractivity contribution >= 4 is 15.2 Å². The van der Waals surface area contributed by atoms with Gasteiger partial charge in [0, 0.05) is 12.4 Å². The summed E-state index contributed by atoms with van der Waals surface area (Å²) in [7, 11) is 2.72. The Labute approximate surface area is 93.0 Å². The first-order valence-electron chi connectivity index (χ1n) is 4.69. The lowest BCUT2D eigenvalue weighted by atomic mass is 10.1. The van der Waals surface area contributed by atoms with Gasteiger partial charge in [-0.15, -0.1) is 8.86 Å². The van der Waals surface area contributed by atoms with Gasteiger partial charge in [0.05, 0.1) is 0 Å². The van der Waals surface area contributed by atoms with Crippen LogP contribution in [-0.2, 0) is 0 Å². The topological polar surface area (TPSA) is 12.9 Å². The summed E-state index contributed by atoms with van der Waals surface area (Å²) in [5.74, 6) is 0. The highest BCUT2D eigenvalue weighted by molar-refractivity contribution is 7.15. The van der Waals surface area contributed by atoms with Gasteiger partial charge in [-0.1, -0.05) is 42.2 Å². The molecule has 0 spiro atoms. The van der Waals surface area contributed by atoms with Gasteiger partial charge < -0.3 is 0 Å². The fraction of sp³-hybridized carbons (Fsp3) is 0.0769. The van der Waals surface area contributed by atoms with E-state index < -0.39 is 0 Å². The van der Waals surface area contributed by atoms with Crippen molar-refractivity contribution in [3.05, 3.63) is 54.4 Å². The Balaban J connectivity index is 0.000000531. The molecule has 0 amide bonds. The second kappa shape index (κ2) is 6.10. The summed E-state index contributed by atoms with van der Waals surface area (Å²) in [5.41, 5.74) is 3.68. The van der Waals surface area contributed by atoms with Crippen LogP contribution in [0.5, 0.6) is 0 Å². The van der Waals surface area contributed by atoms with Crippen LogP contribution >= 0.6 is 8.86 Å². The lowest BCUT2D eigenvalue weighted by Gasteiger charge is -2.00. The standard InChI is InChI=1S/C12H11N.CH3P/c1-10-4-2-5-11(8-10)12-6-3-7-13-9-12;1-2/h2-9H,1H3;2H,1H2. The van der Waals surface area contributed by atoms with Gasteiger partial charge in [-0.2, -0.15) is 0 Å². The van der Waals surface area contributed by atoms with E-state index in [9.17, 15) is 0 Å². The number of benzene rings is 1. The van der Waals surface area contributed by atoms with Crippen LogP contribution in [0.2, 0.25) is 0 Å². The molecule has 2 rings (SSSR count). The molecular formula is C13H14NP. The van der Waals surface area contributed by atoms with Crippen molar-refractivity contribution in [2.75, 3.05) is 0 Å². The third-order valence-corrected chi connectivity index (χ3v) is 2.01. The van der Waals surface area contributed by atoms with Crippen LogP contribution in [0.25, 0.3) is 11.1 Å². The molecule has 0 bridgehead atoms. The summed E-state index contributed by atoms with van der Waals surface area (Å²) in [5, 5.41) is 0. The Morgan fingerprint density at radius 1 is 1.07 bits per heavy atom. The number of hydrogen-bond donors (Lipinski definition) is 0. The third kappa shape index (κ3) is 3.30. The van der Waals surface area contributed by atoms with Gasteiger partial charge >= 0.3 is 0 Å². The van der Waals surface area contributed by atoms with Crippen LogP contribution in [-0.4, -0.2) is 11.3 Å². The first kappa shape index (κ1) is 11.6. The Hall–Kier alpha value is -1.46. The lowest BCUT2D eigenvalue weighted by molar-refractivity contribution is 1.33. The molecule has 0 atom stereocenters. The highest BCUT2D eigenvalue weighted by atomic mass is 31.0. The fourth-order valence-electron chi connectivity index (χ4n) is 1.36. The molecular weight excluding hydrogens is 201 g/mol. The summed E-state index contributed by atoms with van der Waals surface area (Å²) in [4.78, 5) is 4.09. The van der Waals surface area contributed by atoms with E-state index in [-0.39, 0.29) is 0 Å². The molecule has 2 aromatic rings. The summed E-state index contributed by atoms with van der Waals surface area (Å²) < 4.78 is 0.